The summed E-state index contributed by atoms with van der Waals surface area (Å²) in [5.74, 6) is -0.767. The molecule has 0 bridgehead atoms. The van der Waals surface area contributed by atoms with Crippen molar-refractivity contribution >= 4 is 17.4 Å². The minimum atomic E-state index is -0.303. The van der Waals surface area contributed by atoms with E-state index in [9.17, 15) is 9.59 Å². The minimum Gasteiger partial charge on any atom is -0.309 e. The molecule has 0 heterocycles. The first-order valence-electron chi connectivity index (χ1n) is 9.91. The molecule has 27 heavy (non-hydrogen) atoms. The number of hydrogen-bond donors (Lipinski definition) is 2. The molecular weight excluding hydrogens is 338 g/mol. The zero-order valence-corrected chi connectivity index (χ0v) is 18.3. The summed E-state index contributed by atoms with van der Waals surface area (Å²) in [6, 6.07) is 8.24. The van der Waals surface area contributed by atoms with Crippen LogP contribution in [0.4, 0.5) is 0 Å². The van der Waals surface area contributed by atoms with Gasteiger partial charge >= 0.3 is 0 Å². The molecule has 2 amide bonds. The summed E-state index contributed by atoms with van der Waals surface area (Å²) in [7, 11) is 4.10. The predicted molar refractivity (Wildman–Crippen MR) is 114 cm³/mol. The van der Waals surface area contributed by atoms with Gasteiger partial charge in [-0.05, 0) is 50.6 Å². The van der Waals surface area contributed by atoms with Gasteiger partial charge in [-0.2, -0.15) is 0 Å². The molecule has 0 aromatic heterocycles. The van der Waals surface area contributed by atoms with Crippen molar-refractivity contribution in [1.29, 1.82) is 0 Å². The van der Waals surface area contributed by atoms with Crippen LogP contribution in [0, 0.1) is 5.92 Å². The van der Waals surface area contributed by atoms with Crippen LogP contribution in [0.5, 0.6) is 0 Å². The Kier molecular flexibility index (Phi) is 12.1. The zero-order valence-electron chi connectivity index (χ0n) is 18.3. The molecule has 5 nitrogen and oxygen atoms in total. The third kappa shape index (κ3) is 7.55. The first-order valence-corrected chi connectivity index (χ1v) is 9.91. The average molecular weight is 376 g/mol. The highest BCUT2D eigenvalue weighted by Gasteiger charge is 2.28. The maximum atomic E-state index is 12.4. The second kappa shape index (κ2) is 13.1. The lowest BCUT2D eigenvalue weighted by Gasteiger charge is -2.18. The van der Waals surface area contributed by atoms with Crippen LogP contribution in [0.25, 0.3) is 5.57 Å². The van der Waals surface area contributed by atoms with Gasteiger partial charge in [0.25, 0.3) is 0 Å². The quantitative estimate of drug-likeness (QED) is 0.770. The molecule has 1 atom stereocenters. The van der Waals surface area contributed by atoms with E-state index < -0.39 is 0 Å². The number of carbonyl (C=O) groups excluding carboxylic acids is 2. The van der Waals surface area contributed by atoms with Gasteiger partial charge in [0.2, 0.25) is 11.8 Å². The number of nitrogens with zero attached hydrogens (tertiary/aromatic N) is 1. The fourth-order valence-corrected chi connectivity index (χ4v) is 2.96. The number of fused-ring (bicyclic) bond motifs is 1. The van der Waals surface area contributed by atoms with Crippen molar-refractivity contribution in [1.82, 2.24) is 15.8 Å². The molecule has 152 valence electrons. The lowest BCUT2D eigenvalue weighted by molar-refractivity contribution is -0.129. The number of amides is 2. The fraction of sp³-hybridized carbons (Fsp3) is 0.545. The van der Waals surface area contributed by atoms with Crippen LogP contribution < -0.4 is 10.9 Å². The van der Waals surface area contributed by atoms with Crippen LogP contribution in [0.1, 0.15) is 59.1 Å². The van der Waals surface area contributed by atoms with Crippen molar-refractivity contribution in [2.75, 3.05) is 20.6 Å². The van der Waals surface area contributed by atoms with E-state index in [4.69, 9.17) is 0 Å². The SMILES string of the molecule is CC.CC.CC(=O)NNC(=O)C(C)C1=C(CCN(C)C)Cc2ccccc21. The summed E-state index contributed by atoms with van der Waals surface area (Å²) in [6.45, 7) is 12.2. The molecule has 1 aliphatic rings. The highest BCUT2D eigenvalue weighted by molar-refractivity contribution is 5.95. The van der Waals surface area contributed by atoms with Crippen molar-refractivity contribution in [3.8, 4) is 0 Å². The summed E-state index contributed by atoms with van der Waals surface area (Å²) >= 11 is 0. The van der Waals surface area contributed by atoms with Gasteiger partial charge in [0.1, 0.15) is 0 Å². The Morgan fingerprint density at radius 3 is 2.22 bits per heavy atom. The molecule has 0 saturated carbocycles. The summed E-state index contributed by atoms with van der Waals surface area (Å²) in [4.78, 5) is 25.5. The van der Waals surface area contributed by atoms with Gasteiger partial charge in [-0.15, -0.1) is 0 Å². The van der Waals surface area contributed by atoms with Crippen molar-refractivity contribution < 1.29 is 9.59 Å². The predicted octanol–water partition coefficient (Wildman–Crippen LogP) is 3.80. The Balaban J connectivity index is 0.00000158. The van der Waals surface area contributed by atoms with E-state index in [0.717, 1.165) is 30.5 Å². The third-order valence-electron chi connectivity index (χ3n) is 4.14. The second-order valence-corrected chi connectivity index (χ2v) is 6.30. The molecule has 0 saturated heterocycles. The van der Waals surface area contributed by atoms with Crippen LogP contribution in [-0.4, -0.2) is 37.4 Å². The van der Waals surface area contributed by atoms with Gasteiger partial charge < -0.3 is 4.90 Å². The molecule has 1 aromatic rings. The Bertz CT molecular complexity index is 636. The van der Waals surface area contributed by atoms with E-state index in [1.165, 1.54) is 18.1 Å². The molecular formula is C22H37N3O2. The standard InChI is InChI=1S/C18H25N3O2.2C2H6/c1-12(18(23)20-19-13(2)22)17-15(9-10-21(3)4)11-14-7-5-6-8-16(14)17;2*1-2/h5-8,12H,9-11H2,1-4H3,(H,19,22)(H,20,23);2*1-2H3. The molecule has 0 aliphatic heterocycles. The van der Waals surface area contributed by atoms with Crippen molar-refractivity contribution in [2.24, 2.45) is 5.92 Å². The highest BCUT2D eigenvalue weighted by atomic mass is 16.2. The Morgan fingerprint density at radius 1 is 1.07 bits per heavy atom. The number of nitrogens with one attached hydrogen (secondary N) is 2. The second-order valence-electron chi connectivity index (χ2n) is 6.30. The first-order chi connectivity index (χ1) is 12.9. The van der Waals surface area contributed by atoms with E-state index in [1.807, 2.05) is 46.8 Å². The monoisotopic (exact) mass is 375 g/mol. The molecule has 0 radical (unpaired) electrons. The Hall–Kier alpha value is -2.14. The van der Waals surface area contributed by atoms with Crippen LogP contribution in [0.2, 0.25) is 0 Å². The maximum absolute atomic E-state index is 12.4. The average Bonchev–Trinajstić information content (AvgIpc) is 3.05. The highest BCUT2D eigenvalue weighted by Crippen LogP contribution is 2.39. The fourth-order valence-electron chi connectivity index (χ4n) is 2.96. The van der Waals surface area contributed by atoms with E-state index in [0.29, 0.717) is 0 Å². The molecule has 2 N–H and O–H groups in total. The van der Waals surface area contributed by atoms with E-state index in [1.54, 1.807) is 0 Å². The van der Waals surface area contributed by atoms with E-state index >= 15 is 0 Å². The first kappa shape index (κ1) is 24.9. The lowest BCUT2D eigenvalue weighted by Crippen LogP contribution is -2.43. The maximum Gasteiger partial charge on any atom is 0.245 e. The van der Waals surface area contributed by atoms with Gasteiger partial charge in [-0.3, -0.25) is 20.4 Å². The van der Waals surface area contributed by atoms with Gasteiger partial charge in [0, 0.05) is 13.5 Å². The zero-order chi connectivity index (χ0) is 21.0. The van der Waals surface area contributed by atoms with Crippen molar-refractivity contribution in [3.05, 3.63) is 41.0 Å². The minimum absolute atomic E-state index is 0.186. The molecule has 2 rings (SSSR count). The molecule has 0 fully saturated rings. The molecule has 1 unspecified atom stereocenters. The third-order valence-corrected chi connectivity index (χ3v) is 4.14. The summed E-state index contributed by atoms with van der Waals surface area (Å²) < 4.78 is 0. The smallest absolute Gasteiger partial charge is 0.245 e. The van der Waals surface area contributed by atoms with Gasteiger partial charge in [-0.1, -0.05) is 57.5 Å². The summed E-state index contributed by atoms with van der Waals surface area (Å²) in [5.41, 5.74) is 9.71. The van der Waals surface area contributed by atoms with Gasteiger partial charge in [-0.25, -0.2) is 0 Å². The Morgan fingerprint density at radius 2 is 1.67 bits per heavy atom. The number of benzene rings is 1. The summed E-state index contributed by atoms with van der Waals surface area (Å²) in [5, 5.41) is 0. The van der Waals surface area contributed by atoms with Crippen LogP contribution >= 0.6 is 0 Å². The van der Waals surface area contributed by atoms with Crippen LogP contribution in [0.15, 0.2) is 29.8 Å². The van der Waals surface area contributed by atoms with Gasteiger partial charge in [0.05, 0.1) is 5.92 Å². The molecule has 1 aliphatic carbocycles. The Labute approximate surface area is 165 Å². The normalized spacial score (nSPS) is 12.9. The molecule has 0 spiro atoms. The largest absolute Gasteiger partial charge is 0.309 e. The van der Waals surface area contributed by atoms with E-state index in [-0.39, 0.29) is 17.7 Å². The lowest BCUT2D eigenvalue weighted by atomic mass is 9.92. The van der Waals surface area contributed by atoms with Crippen LogP contribution in [-0.2, 0) is 16.0 Å². The molecule has 1 aromatic carbocycles. The van der Waals surface area contributed by atoms with Crippen molar-refractivity contribution in [2.45, 2.75) is 54.4 Å². The number of hydrogen-bond acceptors (Lipinski definition) is 3. The summed E-state index contributed by atoms with van der Waals surface area (Å²) in [6.07, 6.45) is 1.84. The molecule has 5 heteroatoms. The van der Waals surface area contributed by atoms with Crippen LogP contribution in [0.3, 0.4) is 0 Å². The van der Waals surface area contributed by atoms with Crippen molar-refractivity contribution in [3.63, 3.8) is 0 Å². The number of rotatable bonds is 5. The topological polar surface area (TPSA) is 61.4 Å². The van der Waals surface area contributed by atoms with Gasteiger partial charge in [0.15, 0.2) is 0 Å². The number of carbonyl (C=O) groups is 2. The van der Waals surface area contributed by atoms with E-state index in [2.05, 4.69) is 42.0 Å². The number of hydrazine groups is 1.